The van der Waals surface area contributed by atoms with Gasteiger partial charge in [0.25, 0.3) is 0 Å². The number of Topliss-reactive ketones (excluding diaryl/α,β-unsaturated/α-hetero) is 1. The first-order valence-corrected chi connectivity index (χ1v) is 10.1. The number of carbonyl (C=O) groups excluding carboxylic acids is 1. The van der Waals surface area contributed by atoms with E-state index < -0.39 is 11.9 Å². The molecule has 2 fully saturated rings. The maximum absolute atomic E-state index is 12.6. The fourth-order valence-electron chi connectivity index (χ4n) is 4.93. The Hall–Kier alpha value is -1.64. The quantitative estimate of drug-likeness (QED) is 0.651. The van der Waals surface area contributed by atoms with Crippen LogP contribution < -0.4 is 0 Å². The van der Waals surface area contributed by atoms with Crippen molar-refractivity contribution in [1.82, 2.24) is 0 Å². The maximum atomic E-state index is 12.6. The molecule has 1 aromatic rings. The van der Waals surface area contributed by atoms with Gasteiger partial charge in [0.05, 0.1) is 5.92 Å². The zero-order valence-corrected chi connectivity index (χ0v) is 16.7. The Morgan fingerprint density at radius 3 is 2.46 bits per heavy atom. The summed E-state index contributed by atoms with van der Waals surface area (Å²) in [7, 11) is 0. The van der Waals surface area contributed by atoms with Crippen molar-refractivity contribution in [2.45, 2.75) is 72.1 Å². The summed E-state index contributed by atoms with van der Waals surface area (Å²) >= 11 is 0. The van der Waals surface area contributed by atoms with Gasteiger partial charge in [-0.1, -0.05) is 52.3 Å². The summed E-state index contributed by atoms with van der Waals surface area (Å²) < 4.78 is 0. The van der Waals surface area contributed by atoms with E-state index in [9.17, 15) is 14.7 Å². The number of carboxylic acids is 1. The topological polar surface area (TPSA) is 54.4 Å². The van der Waals surface area contributed by atoms with E-state index in [0.29, 0.717) is 24.2 Å². The average Bonchev–Trinajstić information content (AvgIpc) is 3.41. The van der Waals surface area contributed by atoms with Crippen LogP contribution in [0.5, 0.6) is 0 Å². The van der Waals surface area contributed by atoms with Gasteiger partial charge in [0.2, 0.25) is 0 Å². The van der Waals surface area contributed by atoms with Gasteiger partial charge < -0.3 is 5.11 Å². The molecule has 3 nitrogen and oxygen atoms in total. The lowest BCUT2D eigenvalue weighted by Gasteiger charge is -2.19. The number of aliphatic carboxylic acids is 1. The number of fused-ring (bicyclic) bond motifs is 1. The Kier molecular flexibility index (Phi) is 5.02. The molecule has 2 aliphatic carbocycles. The summed E-state index contributed by atoms with van der Waals surface area (Å²) in [5, 5.41) is 9.43. The SMILES string of the molecule is CCC(C)C(CC(=O)CC12CC1C2c1ccc(C(C)C)c(C)c1)C(=O)O. The highest BCUT2D eigenvalue weighted by molar-refractivity contribution is 5.85. The Balaban J connectivity index is 1.63. The number of ketones is 1. The van der Waals surface area contributed by atoms with Gasteiger partial charge in [-0.05, 0) is 59.1 Å². The molecule has 0 saturated heterocycles. The molecule has 3 heteroatoms. The molecular formula is C23H32O3. The summed E-state index contributed by atoms with van der Waals surface area (Å²) in [6, 6.07) is 6.79. The number of hydrogen-bond acceptors (Lipinski definition) is 2. The number of carboxylic acid groups (broad SMARTS) is 1. The van der Waals surface area contributed by atoms with Crippen LogP contribution in [0.3, 0.4) is 0 Å². The Labute approximate surface area is 157 Å². The van der Waals surface area contributed by atoms with E-state index in [0.717, 1.165) is 12.8 Å². The van der Waals surface area contributed by atoms with Crippen LogP contribution in [0.1, 0.15) is 81.9 Å². The molecule has 5 atom stereocenters. The molecule has 26 heavy (non-hydrogen) atoms. The van der Waals surface area contributed by atoms with Crippen LogP contribution in [-0.2, 0) is 9.59 Å². The molecule has 142 valence electrons. The van der Waals surface area contributed by atoms with Gasteiger partial charge in [0.15, 0.2) is 0 Å². The number of rotatable bonds is 9. The average molecular weight is 357 g/mol. The smallest absolute Gasteiger partial charge is 0.307 e. The normalized spacial score (nSPS) is 28.4. The van der Waals surface area contributed by atoms with Crippen LogP contribution in [0.4, 0.5) is 0 Å². The second-order valence-electron chi connectivity index (χ2n) is 9.04. The summed E-state index contributed by atoms with van der Waals surface area (Å²) in [6.45, 7) is 10.5. The van der Waals surface area contributed by atoms with Crippen LogP contribution in [0, 0.1) is 30.1 Å². The fraction of sp³-hybridized carbons (Fsp3) is 0.652. The lowest BCUT2D eigenvalue weighted by molar-refractivity contribution is -0.145. The third kappa shape index (κ3) is 3.33. The van der Waals surface area contributed by atoms with E-state index in [1.165, 1.54) is 16.7 Å². The molecule has 2 saturated carbocycles. The molecule has 0 radical (unpaired) electrons. The number of hydrogen-bond donors (Lipinski definition) is 1. The van der Waals surface area contributed by atoms with Gasteiger partial charge in [-0.2, -0.15) is 0 Å². The minimum Gasteiger partial charge on any atom is -0.481 e. The Morgan fingerprint density at radius 2 is 1.96 bits per heavy atom. The molecule has 0 bridgehead atoms. The second kappa shape index (κ2) is 6.83. The first kappa shape index (κ1) is 19.1. The van der Waals surface area contributed by atoms with Gasteiger partial charge >= 0.3 is 5.97 Å². The highest BCUT2D eigenvalue weighted by Gasteiger charge is 2.78. The van der Waals surface area contributed by atoms with E-state index in [2.05, 4.69) is 39.0 Å². The minimum atomic E-state index is -0.829. The Bertz CT molecular complexity index is 720. The van der Waals surface area contributed by atoms with E-state index >= 15 is 0 Å². The van der Waals surface area contributed by atoms with Crippen molar-refractivity contribution in [1.29, 1.82) is 0 Å². The first-order chi connectivity index (χ1) is 12.2. The highest BCUT2D eigenvalue weighted by Crippen LogP contribution is 2.86. The first-order valence-electron chi connectivity index (χ1n) is 10.1. The minimum absolute atomic E-state index is 0.0465. The largest absolute Gasteiger partial charge is 0.481 e. The van der Waals surface area contributed by atoms with Gasteiger partial charge in [-0.25, -0.2) is 0 Å². The lowest BCUT2D eigenvalue weighted by atomic mass is 9.84. The van der Waals surface area contributed by atoms with E-state index in [1.54, 1.807) is 0 Å². The van der Waals surface area contributed by atoms with Gasteiger partial charge in [-0.3, -0.25) is 9.59 Å². The molecule has 3 rings (SSSR count). The number of benzene rings is 1. The fourth-order valence-corrected chi connectivity index (χ4v) is 4.93. The summed E-state index contributed by atoms with van der Waals surface area (Å²) in [5.74, 6) is 0.502. The third-order valence-electron chi connectivity index (χ3n) is 6.99. The van der Waals surface area contributed by atoms with Crippen molar-refractivity contribution >= 4 is 11.8 Å². The van der Waals surface area contributed by atoms with E-state index in [4.69, 9.17) is 0 Å². The predicted octanol–water partition coefficient (Wildman–Crippen LogP) is 5.32. The molecule has 1 N–H and O–H groups in total. The number of aryl methyl sites for hydroxylation is 1. The highest BCUT2D eigenvalue weighted by atomic mass is 16.4. The Morgan fingerprint density at radius 1 is 1.27 bits per heavy atom. The molecule has 0 spiro atoms. The number of carbonyl (C=O) groups is 2. The zero-order valence-electron chi connectivity index (χ0n) is 16.7. The molecule has 0 aromatic heterocycles. The summed E-state index contributed by atoms with van der Waals surface area (Å²) in [6.07, 6.45) is 2.68. The van der Waals surface area contributed by atoms with Crippen LogP contribution >= 0.6 is 0 Å². The van der Waals surface area contributed by atoms with E-state index in [1.807, 2.05) is 13.8 Å². The second-order valence-corrected chi connectivity index (χ2v) is 9.04. The maximum Gasteiger partial charge on any atom is 0.307 e. The molecular weight excluding hydrogens is 324 g/mol. The van der Waals surface area contributed by atoms with Crippen LogP contribution in [-0.4, -0.2) is 16.9 Å². The van der Waals surface area contributed by atoms with Crippen molar-refractivity contribution < 1.29 is 14.7 Å². The standard InChI is InChI=1S/C23H32O3/c1-6-14(4)19(22(25)26)10-17(24)11-23-12-20(23)21(23)16-7-8-18(13(2)3)15(5)9-16/h7-9,13-14,19-21H,6,10-12H2,1-5H3,(H,25,26). The van der Waals surface area contributed by atoms with Crippen molar-refractivity contribution in [3.63, 3.8) is 0 Å². The predicted molar refractivity (Wildman–Crippen MR) is 103 cm³/mol. The molecule has 1 aromatic carbocycles. The summed E-state index contributed by atoms with van der Waals surface area (Å²) in [5.41, 5.74) is 4.26. The van der Waals surface area contributed by atoms with Gasteiger partial charge in [0, 0.05) is 12.8 Å². The lowest BCUT2D eigenvalue weighted by Crippen LogP contribution is -2.25. The third-order valence-corrected chi connectivity index (χ3v) is 6.99. The molecule has 0 amide bonds. The van der Waals surface area contributed by atoms with Crippen molar-refractivity contribution in [3.8, 4) is 0 Å². The molecule has 2 aliphatic rings. The van der Waals surface area contributed by atoms with Crippen molar-refractivity contribution in [3.05, 3.63) is 34.9 Å². The van der Waals surface area contributed by atoms with Gasteiger partial charge in [0.1, 0.15) is 5.78 Å². The van der Waals surface area contributed by atoms with E-state index in [-0.39, 0.29) is 23.5 Å². The van der Waals surface area contributed by atoms with Crippen molar-refractivity contribution in [2.75, 3.05) is 0 Å². The molecule has 5 unspecified atom stereocenters. The zero-order chi connectivity index (χ0) is 19.2. The van der Waals surface area contributed by atoms with Crippen LogP contribution in [0.2, 0.25) is 0 Å². The van der Waals surface area contributed by atoms with Gasteiger partial charge in [-0.15, -0.1) is 0 Å². The van der Waals surface area contributed by atoms with Crippen LogP contribution in [0.25, 0.3) is 0 Å². The molecule has 0 heterocycles. The monoisotopic (exact) mass is 356 g/mol. The molecule has 0 aliphatic heterocycles. The summed E-state index contributed by atoms with van der Waals surface area (Å²) in [4.78, 5) is 24.1. The van der Waals surface area contributed by atoms with Crippen molar-refractivity contribution in [2.24, 2.45) is 23.2 Å². The van der Waals surface area contributed by atoms with Crippen LogP contribution in [0.15, 0.2) is 18.2 Å².